The Bertz CT molecular complexity index is 342. The van der Waals surface area contributed by atoms with Crippen LogP contribution in [0.3, 0.4) is 0 Å². The third-order valence-corrected chi connectivity index (χ3v) is 5.85. The van der Waals surface area contributed by atoms with Crippen molar-refractivity contribution in [2.24, 2.45) is 17.6 Å². The van der Waals surface area contributed by atoms with Crippen molar-refractivity contribution >= 4 is 27.3 Å². The van der Waals surface area contributed by atoms with E-state index in [0.29, 0.717) is 5.92 Å². The van der Waals surface area contributed by atoms with E-state index in [-0.39, 0.29) is 6.04 Å². The summed E-state index contributed by atoms with van der Waals surface area (Å²) in [6, 6.07) is 0.234. The van der Waals surface area contributed by atoms with Crippen LogP contribution in [0.5, 0.6) is 0 Å². The van der Waals surface area contributed by atoms with Crippen LogP contribution in [0.25, 0.3) is 0 Å². The molecule has 2 N–H and O–H groups in total. The smallest absolute Gasteiger partial charge is 0.0343 e. The molecule has 0 aromatic carbocycles. The molecular formula is C14H22BrNS. The monoisotopic (exact) mass is 315 g/mol. The van der Waals surface area contributed by atoms with Gasteiger partial charge in [-0.05, 0) is 51.6 Å². The first-order valence-electron chi connectivity index (χ1n) is 6.69. The molecule has 0 bridgehead atoms. The van der Waals surface area contributed by atoms with Crippen molar-refractivity contribution in [1.82, 2.24) is 0 Å². The highest BCUT2D eigenvalue weighted by Crippen LogP contribution is 2.39. The SMILES string of the molecule is CCCC1CCC(C(N)c2cscc2Br)CC1. The Morgan fingerprint density at radius 3 is 2.59 bits per heavy atom. The van der Waals surface area contributed by atoms with E-state index in [0.717, 1.165) is 5.92 Å². The van der Waals surface area contributed by atoms with E-state index in [4.69, 9.17) is 5.73 Å². The number of thiophene rings is 1. The van der Waals surface area contributed by atoms with Crippen molar-refractivity contribution in [2.45, 2.75) is 51.5 Å². The highest BCUT2D eigenvalue weighted by atomic mass is 79.9. The van der Waals surface area contributed by atoms with Crippen LogP contribution in [0.2, 0.25) is 0 Å². The second-order valence-electron chi connectivity index (χ2n) is 5.27. The zero-order valence-corrected chi connectivity index (χ0v) is 12.9. The number of halogens is 1. The Morgan fingerprint density at radius 1 is 1.35 bits per heavy atom. The highest BCUT2D eigenvalue weighted by Gasteiger charge is 2.27. The van der Waals surface area contributed by atoms with Gasteiger partial charge in [-0.2, -0.15) is 11.3 Å². The van der Waals surface area contributed by atoms with Crippen molar-refractivity contribution in [1.29, 1.82) is 0 Å². The van der Waals surface area contributed by atoms with E-state index in [1.54, 1.807) is 11.3 Å². The molecule has 0 radical (unpaired) electrons. The quantitative estimate of drug-likeness (QED) is 0.820. The highest BCUT2D eigenvalue weighted by molar-refractivity contribution is 9.10. The first kappa shape index (κ1) is 13.6. The third-order valence-electron chi connectivity index (χ3n) is 4.10. The Kier molecular flexibility index (Phi) is 5.07. The molecule has 1 aliphatic carbocycles. The fourth-order valence-corrected chi connectivity index (χ4v) is 4.64. The summed E-state index contributed by atoms with van der Waals surface area (Å²) in [6.07, 6.45) is 8.13. The standard InChI is InChI=1S/C14H22BrNS/c1-2-3-10-4-6-11(7-5-10)14(16)12-8-17-9-13(12)15/h8-11,14H,2-7,16H2,1H3. The van der Waals surface area contributed by atoms with Crippen molar-refractivity contribution in [3.05, 3.63) is 20.8 Å². The van der Waals surface area contributed by atoms with E-state index >= 15 is 0 Å². The molecule has 1 aromatic heterocycles. The average molecular weight is 316 g/mol. The number of nitrogens with two attached hydrogens (primary N) is 1. The molecular weight excluding hydrogens is 294 g/mol. The Morgan fingerprint density at radius 2 is 2.06 bits per heavy atom. The Balaban J connectivity index is 1.90. The molecule has 0 amide bonds. The van der Waals surface area contributed by atoms with Crippen LogP contribution in [-0.4, -0.2) is 0 Å². The Labute approximate surface area is 117 Å². The van der Waals surface area contributed by atoms with E-state index < -0.39 is 0 Å². The lowest BCUT2D eigenvalue weighted by Gasteiger charge is -2.32. The lowest BCUT2D eigenvalue weighted by Crippen LogP contribution is -2.26. The van der Waals surface area contributed by atoms with Gasteiger partial charge in [0.05, 0.1) is 0 Å². The molecule has 2 rings (SSSR count). The molecule has 0 spiro atoms. The van der Waals surface area contributed by atoms with Crippen molar-refractivity contribution in [2.75, 3.05) is 0 Å². The molecule has 1 nitrogen and oxygen atoms in total. The summed E-state index contributed by atoms with van der Waals surface area (Å²) in [6.45, 7) is 2.29. The maximum atomic E-state index is 6.41. The molecule has 1 aliphatic rings. The van der Waals surface area contributed by atoms with Gasteiger partial charge < -0.3 is 5.73 Å². The predicted octanol–water partition coefficient (Wildman–Crippen LogP) is 5.12. The zero-order chi connectivity index (χ0) is 12.3. The first-order chi connectivity index (χ1) is 8.22. The molecule has 17 heavy (non-hydrogen) atoms. The van der Waals surface area contributed by atoms with E-state index in [1.165, 1.54) is 48.6 Å². The normalized spacial score (nSPS) is 27.0. The number of hydrogen-bond acceptors (Lipinski definition) is 2. The zero-order valence-electron chi connectivity index (χ0n) is 10.5. The lowest BCUT2D eigenvalue weighted by molar-refractivity contribution is 0.234. The van der Waals surface area contributed by atoms with Gasteiger partial charge in [-0.1, -0.05) is 32.6 Å². The Hall–Kier alpha value is 0.140. The average Bonchev–Trinajstić information content (AvgIpc) is 2.76. The van der Waals surface area contributed by atoms with Crippen molar-refractivity contribution in [3.8, 4) is 0 Å². The van der Waals surface area contributed by atoms with Gasteiger partial charge in [-0.15, -0.1) is 0 Å². The lowest BCUT2D eigenvalue weighted by atomic mass is 9.76. The minimum atomic E-state index is 0.234. The molecule has 1 saturated carbocycles. The summed E-state index contributed by atoms with van der Waals surface area (Å²) in [5.41, 5.74) is 7.72. The van der Waals surface area contributed by atoms with Crippen LogP contribution in [0, 0.1) is 11.8 Å². The van der Waals surface area contributed by atoms with Crippen LogP contribution in [0.4, 0.5) is 0 Å². The molecule has 3 heteroatoms. The van der Waals surface area contributed by atoms with Gasteiger partial charge in [0.25, 0.3) is 0 Å². The van der Waals surface area contributed by atoms with Gasteiger partial charge >= 0.3 is 0 Å². The van der Waals surface area contributed by atoms with Crippen molar-refractivity contribution in [3.63, 3.8) is 0 Å². The van der Waals surface area contributed by atoms with Gasteiger partial charge in [0.1, 0.15) is 0 Å². The molecule has 1 aromatic rings. The largest absolute Gasteiger partial charge is 0.324 e. The minimum absolute atomic E-state index is 0.234. The molecule has 0 saturated heterocycles. The molecule has 0 aliphatic heterocycles. The van der Waals surface area contributed by atoms with Crippen LogP contribution >= 0.6 is 27.3 Å². The minimum Gasteiger partial charge on any atom is -0.324 e. The van der Waals surface area contributed by atoms with E-state index in [1.807, 2.05) is 0 Å². The molecule has 96 valence electrons. The van der Waals surface area contributed by atoms with Gasteiger partial charge in [0, 0.05) is 15.9 Å². The maximum absolute atomic E-state index is 6.41. The summed E-state index contributed by atoms with van der Waals surface area (Å²) >= 11 is 5.34. The van der Waals surface area contributed by atoms with Crippen LogP contribution in [0.1, 0.15) is 57.1 Å². The fraction of sp³-hybridized carbons (Fsp3) is 0.714. The topological polar surface area (TPSA) is 26.0 Å². The second-order valence-corrected chi connectivity index (χ2v) is 6.87. The molecule has 1 heterocycles. The second kappa shape index (κ2) is 6.35. The first-order valence-corrected chi connectivity index (χ1v) is 8.43. The number of rotatable bonds is 4. The third kappa shape index (κ3) is 3.33. The maximum Gasteiger partial charge on any atom is 0.0343 e. The molecule has 1 fully saturated rings. The van der Waals surface area contributed by atoms with Gasteiger partial charge in [-0.25, -0.2) is 0 Å². The molecule has 1 unspecified atom stereocenters. The summed E-state index contributed by atoms with van der Waals surface area (Å²) in [5.74, 6) is 1.66. The van der Waals surface area contributed by atoms with Crippen molar-refractivity contribution < 1.29 is 0 Å². The van der Waals surface area contributed by atoms with Crippen LogP contribution in [-0.2, 0) is 0 Å². The molecule has 1 atom stereocenters. The van der Waals surface area contributed by atoms with Gasteiger partial charge in [-0.3, -0.25) is 0 Å². The van der Waals surface area contributed by atoms with E-state index in [9.17, 15) is 0 Å². The van der Waals surface area contributed by atoms with Gasteiger partial charge in [0.2, 0.25) is 0 Å². The predicted molar refractivity (Wildman–Crippen MR) is 79.3 cm³/mol. The number of hydrogen-bond donors (Lipinski definition) is 1. The summed E-state index contributed by atoms with van der Waals surface area (Å²) in [5, 5.41) is 4.34. The van der Waals surface area contributed by atoms with Crippen LogP contribution < -0.4 is 5.73 Å². The summed E-state index contributed by atoms with van der Waals surface area (Å²) in [7, 11) is 0. The van der Waals surface area contributed by atoms with Crippen LogP contribution in [0.15, 0.2) is 15.2 Å². The summed E-state index contributed by atoms with van der Waals surface area (Å²) < 4.78 is 1.20. The summed E-state index contributed by atoms with van der Waals surface area (Å²) in [4.78, 5) is 0. The van der Waals surface area contributed by atoms with Gasteiger partial charge in [0.15, 0.2) is 0 Å². The fourth-order valence-electron chi connectivity index (χ4n) is 3.03. The van der Waals surface area contributed by atoms with E-state index in [2.05, 4.69) is 33.6 Å².